The molecule has 0 aliphatic heterocycles. The number of carbonyl (C=O) groups excluding carboxylic acids is 1. The van der Waals surface area contributed by atoms with Crippen molar-refractivity contribution in [3.63, 3.8) is 0 Å². The van der Waals surface area contributed by atoms with Gasteiger partial charge in [-0.1, -0.05) is 26.1 Å². The Morgan fingerprint density at radius 1 is 1.35 bits per heavy atom. The van der Waals surface area contributed by atoms with Crippen LogP contribution in [0.5, 0.6) is 0 Å². The number of thiocarbonyl (C=S) groups is 1. The van der Waals surface area contributed by atoms with Crippen LogP contribution in [-0.4, -0.2) is 41.6 Å². The zero-order valence-corrected chi connectivity index (χ0v) is 12.0. The zero-order chi connectivity index (χ0) is 13.4. The molecule has 5 heteroatoms. The second-order valence-electron chi connectivity index (χ2n) is 4.88. The minimum absolute atomic E-state index is 0.0704. The molecule has 0 unspecified atom stereocenters. The predicted molar refractivity (Wildman–Crippen MR) is 73.9 cm³/mol. The first-order valence-electron chi connectivity index (χ1n) is 6.01. The van der Waals surface area contributed by atoms with E-state index in [0.717, 1.165) is 6.54 Å². The Bertz CT molecular complexity index is 255. The molecule has 0 aliphatic rings. The topological polar surface area (TPSA) is 55.6 Å². The molecule has 2 N–H and O–H groups in total. The maximum atomic E-state index is 11.6. The molecule has 0 atom stereocenters. The zero-order valence-electron chi connectivity index (χ0n) is 11.2. The van der Waals surface area contributed by atoms with Crippen LogP contribution < -0.4 is 5.73 Å². The van der Waals surface area contributed by atoms with Gasteiger partial charge in [-0.15, -0.1) is 0 Å². The monoisotopic (exact) mass is 260 g/mol. The maximum Gasteiger partial charge on any atom is 0.320 e. The SMILES string of the molecule is CC(C)CN(CCC(N)=S)CC(=O)OC(C)C. The Kier molecular flexibility index (Phi) is 8.08. The number of rotatable bonds is 8. The quantitative estimate of drug-likeness (QED) is 0.530. The summed E-state index contributed by atoms with van der Waals surface area (Å²) in [5.74, 6) is 0.303. The van der Waals surface area contributed by atoms with Crippen molar-refractivity contribution in [2.24, 2.45) is 11.7 Å². The molecule has 0 aromatic rings. The van der Waals surface area contributed by atoms with Crippen molar-refractivity contribution in [3.8, 4) is 0 Å². The van der Waals surface area contributed by atoms with Gasteiger partial charge < -0.3 is 10.5 Å². The standard InChI is InChI=1S/C12H24N2O2S/c1-9(2)7-14(6-5-11(13)17)8-12(15)16-10(3)4/h9-10H,5-8H2,1-4H3,(H2,13,17). The molecule has 0 spiro atoms. The normalized spacial score (nSPS) is 11.2. The highest BCUT2D eigenvalue weighted by atomic mass is 32.1. The first kappa shape index (κ1) is 16.3. The van der Waals surface area contributed by atoms with E-state index >= 15 is 0 Å². The summed E-state index contributed by atoms with van der Waals surface area (Å²) in [5.41, 5.74) is 5.47. The van der Waals surface area contributed by atoms with Crippen LogP contribution in [0.2, 0.25) is 0 Å². The molecule has 0 aromatic heterocycles. The van der Waals surface area contributed by atoms with Gasteiger partial charge in [0.1, 0.15) is 0 Å². The van der Waals surface area contributed by atoms with Crippen LogP contribution in [0.4, 0.5) is 0 Å². The third-order valence-electron chi connectivity index (χ3n) is 2.02. The Labute approximate surface area is 109 Å². The van der Waals surface area contributed by atoms with Crippen molar-refractivity contribution >= 4 is 23.2 Å². The molecule has 0 heterocycles. The molecular weight excluding hydrogens is 236 g/mol. The van der Waals surface area contributed by atoms with Crippen LogP contribution in [0.15, 0.2) is 0 Å². The minimum atomic E-state index is -0.191. The molecule has 0 radical (unpaired) electrons. The number of carbonyl (C=O) groups is 1. The number of nitrogens with zero attached hydrogens (tertiary/aromatic N) is 1. The number of esters is 1. The largest absolute Gasteiger partial charge is 0.462 e. The number of nitrogens with two attached hydrogens (primary N) is 1. The van der Waals surface area contributed by atoms with Crippen molar-refractivity contribution in [3.05, 3.63) is 0 Å². The van der Waals surface area contributed by atoms with Crippen LogP contribution in [-0.2, 0) is 9.53 Å². The van der Waals surface area contributed by atoms with Gasteiger partial charge in [0.2, 0.25) is 0 Å². The Morgan fingerprint density at radius 2 is 1.94 bits per heavy atom. The highest BCUT2D eigenvalue weighted by molar-refractivity contribution is 7.80. The van der Waals surface area contributed by atoms with Crippen LogP contribution in [0.25, 0.3) is 0 Å². The Balaban J connectivity index is 4.17. The molecule has 4 nitrogen and oxygen atoms in total. The van der Waals surface area contributed by atoms with E-state index < -0.39 is 0 Å². The molecule has 100 valence electrons. The van der Waals surface area contributed by atoms with E-state index in [1.165, 1.54) is 0 Å². The second kappa shape index (κ2) is 8.42. The van der Waals surface area contributed by atoms with Crippen molar-refractivity contribution in [1.29, 1.82) is 0 Å². The lowest BCUT2D eigenvalue weighted by Crippen LogP contribution is -2.36. The van der Waals surface area contributed by atoms with E-state index in [4.69, 9.17) is 22.7 Å². The summed E-state index contributed by atoms with van der Waals surface area (Å²) in [4.78, 5) is 14.1. The molecule has 0 bridgehead atoms. The van der Waals surface area contributed by atoms with Crippen molar-refractivity contribution < 1.29 is 9.53 Å². The fraction of sp³-hybridized carbons (Fsp3) is 0.833. The average molecular weight is 260 g/mol. The third kappa shape index (κ3) is 10.2. The van der Waals surface area contributed by atoms with Gasteiger partial charge in [-0.3, -0.25) is 9.69 Å². The lowest BCUT2D eigenvalue weighted by molar-refractivity contribution is -0.148. The van der Waals surface area contributed by atoms with E-state index in [2.05, 4.69) is 13.8 Å². The molecule has 17 heavy (non-hydrogen) atoms. The number of ether oxygens (including phenoxy) is 1. The first-order chi connectivity index (χ1) is 7.81. The second-order valence-corrected chi connectivity index (χ2v) is 5.41. The van der Waals surface area contributed by atoms with Crippen molar-refractivity contribution in [2.45, 2.75) is 40.2 Å². The lowest BCUT2D eigenvalue weighted by atomic mass is 10.2. The van der Waals surface area contributed by atoms with Crippen molar-refractivity contribution in [1.82, 2.24) is 4.90 Å². The summed E-state index contributed by atoms with van der Waals surface area (Å²) in [6.07, 6.45) is 0.566. The van der Waals surface area contributed by atoms with E-state index in [9.17, 15) is 4.79 Å². The van der Waals surface area contributed by atoms with Gasteiger partial charge in [0.05, 0.1) is 17.6 Å². The minimum Gasteiger partial charge on any atom is -0.462 e. The van der Waals surface area contributed by atoms with Crippen LogP contribution in [0.1, 0.15) is 34.1 Å². The smallest absolute Gasteiger partial charge is 0.320 e. The number of hydrogen-bond donors (Lipinski definition) is 1. The summed E-state index contributed by atoms with van der Waals surface area (Å²) >= 11 is 4.85. The fourth-order valence-corrected chi connectivity index (χ4v) is 1.59. The first-order valence-corrected chi connectivity index (χ1v) is 6.42. The van der Waals surface area contributed by atoms with Gasteiger partial charge in [-0.2, -0.15) is 0 Å². The predicted octanol–water partition coefficient (Wildman–Crippen LogP) is 1.57. The number of hydrogen-bond acceptors (Lipinski definition) is 4. The third-order valence-corrected chi connectivity index (χ3v) is 2.22. The van der Waals surface area contributed by atoms with E-state index in [0.29, 0.717) is 30.4 Å². The van der Waals surface area contributed by atoms with E-state index in [1.54, 1.807) is 0 Å². The molecule has 0 rings (SSSR count). The Morgan fingerprint density at radius 3 is 2.35 bits per heavy atom. The van der Waals surface area contributed by atoms with Crippen LogP contribution in [0.3, 0.4) is 0 Å². The molecule has 0 saturated carbocycles. The van der Waals surface area contributed by atoms with Gasteiger partial charge in [-0.25, -0.2) is 0 Å². The highest BCUT2D eigenvalue weighted by Gasteiger charge is 2.14. The summed E-state index contributed by atoms with van der Waals surface area (Å²) in [6.45, 7) is 9.78. The molecule has 0 amide bonds. The summed E-state index contributed by atoms with van der Waals surface area (Å²) in [6, 6.07) is 0. The summed E-state index contributed by atoms with van der Waals surface area (Å²) in [5, 5.41) is 0. The van der Waals surface area contributed by atoms with Gasteiger partial charge in [0.25, 0.3) is 0 Å². The van der Waals surface area contributed by atoms with Gasteiger partial charge in [0.15, 0.2) is 0 Å². The Hall–Kier alpha value is -0.680. The van der Waals surface area contributed by atoms with E-state index in [-0.39, 0.29) is 12.1 Å². The van der Waals surface area contributed by atoms with Gasteiger partial charge in [0, 0.05) is 19.5 Å². The summed E-state index contributed by atoms with van der Waals surface area (Å²) in [7, 11) is 0. The fourth-order valence-electron chi connectivity index (χ4n) is 1.50. The van der Waals surface area contributed by atoms with E-state index in [1.807, 2.05) is 18.7 Å². The molecule has 0 fully saturated rings. The molecule has 0 saturated heterocycles. The van der Waals surface area contributed by atoms with Gasteiger partial charge >= 0.3 is 5.97 Å². The molecule has 0 aromatic carbocycles. The van der Waals surface area contributed by atoms with Crippen LogP contribution in [0, 0.1) is 5.92 Å². The summed E-state index contributed by atoms with van der Waals surface area (Å²) < 4.78 is 5.12. The lowest BCUT2D eigenvalue weighted by Gasteiger charge is -2.23. The van der Waals surface area contributed by atoms with Gasteiger partial charge in [-0.05, 0) is 19.8 Å². The van der Waals surface area contributed by atoms with Crippen molar-refractivity contribution in [2.75, 3.05) is 19.6 Å². The highest BCUT2D eigenvalue weighted by Crippen LogP contribution is 2.01. The molecular formula is C12H24N2O2S. The molecule has 0 aliphatic carbocycles. The maximum absolute atomic E-state index is 11.6. The van der Waals surface area contributed by atoms with Crippen LogP contribution >= 0.6 is 12.2 Å². The average Bonchev–Trinajstić information content (AvgIpc) is 2.11.